The van der Waals surface area contributed by atoms with E-state index in [0.29, 0.717) is 27.5 Å². The number of benzene rings is 1. The van der Waals surface area contributed by atoms with Crippen molar-refractivity contribution < 1.29 is 0 Å². The van der Waals surface area contributed by atoms with Crippen LogP contribution in [0.25, 0.3) is 0 Å². The number of hydrogen-bond acceptors (Lipinski definition) is 1. The van der Waals surface area contributed by atoms with Crippen molar-refractivity contribution in [3.63, 3.8) is 0 Å². The molecule has 0 radical (unpaired) electrons. The smallest absolute Gasteiger partial charge is 0.103 e. The van der Waals surface area contributed by atoms with E-state index in [0.717, 1.165) is 12.8 Å². The van der Waals surface area contributed by atoms with Crippen molar-refractivity contribution in [2.45, 2.75) is 32.1 Å². The van der Waals surface area contributed by atoms with Gasteiger partial charge in [0, 0.05) is 5.92 Å². The summed E-state index contributed by atoms with van der Waals surface area (Å²) < 4.78 is 0. The van der Waals surface area contributed by atoms with Gasteiger partial charge in [-0.3, -0.25) is 0 Å². The Labute approximate surface area is 112 Å². The van der Waals surface area contributed by atoms with Crippen LogP contribution in [0.4, 0.5) is 5.69 Å². The largest absolute Gasteiger partial charge is 0.387 e. The van der Waals surface area contributed by atoms with Crippen LogP contribution >= 0.6 is 23.2 Å². The second-order valence-corrected chi connectivity index (χ2v) is 5.23. The molecule has 0 aromatic heterocycles. The fraction of sp³-hybridized carbons (Fsp3) is 0.462. The molecule has 92 valence electrons. The molecule has 17 heavy (non-hydrogen) atoms. The highest BCUT2D eigenvalue weighted by atomic mass is 35.5. The monoisotopic (exact) mass is 270 g/mol. The van der Waals surface area contributed by atoms with Gasteiger partial charge in [0.15, 0.2) is 0 Å². The molecule has 1 saturated carbocycles. The highest BCUT2D eigenvalue weighted by molar-refractivity contribution is 6.43. The molecule has 1 aliphatic carbocycles. The minimum Gasteiger partial charge on any atom is -0.387 e. The van der Waals surface area contributed by atoms with E-state index in [1.54, 1.807) is 6.07 Å². The molecular weight excluding hydrogens is 255 g/mol. The summed E-state index contributed by atoms with van der Waals surface area (Å²) in [6.07, 6.45) is 6.05. The Hall–Kier alpha value is -0.730. The molecule has 1 aliphatic rings. The number of hydrogen-bond donors (Lipinski definition) is 1. The first-order chi connectivity index (χ1) is 8.18. The fourth-order valence-corrected chi connectivity index (χ4v) is 2.55. The van der Waals surface area contributed by atoms with Crippen molar-refractivity contribution in [2.75, 3.05) is 0 Å². The first kappa shape index (κ1) is 12.7. The first-order valence-electron chi connectivity index (χ1n) is 5.96. The fourth-order valence-electron chi connectivity index (χ4n) is 2.21. The lowest BCUT2D eigenvalue weighted by Gasteiger charge is -2.20. The minimum atomic E-state index is 0.402. The lowest BCUT2D eigenvalue weighted by Crippen LogP contribution is -2.25. The Balaban J connectivity index is 2.19. The highest BCUT2D eigenvalue weighted by Gasteiger charge is 2.17. The number of aliphatic imine (C=N–C) groups is 1. The van der Waals surface area contributed by atoms with Crippen molar-refractivity contribution in [1.29, 1.82) is 0 Å². The third-order valence-corrected chi connectivity index (χ3v) is 4.01. The van der Waals surface area contributed by atoms with Gasteiger partial charge in [-0.2, -0.15) is 0 Å². The third-order valence-electron chi connectivity index (χ3n) is 3.20. The Morgan fingerprint density at radius 1 is 1.18 bits per heavy atom. The topological polar surface area (TPSA) is 38.4 Å². The first-order valence-corrected chi connectivity index (χ1v) is 6.72. The lowest BCUT2D eigenvalue weighted by molar-refractivity contribution is 0.437. The number of nitrogens with zero attached hydrogens (tertiary/aromatic N) is 1. The summed E-state index contributed by atoms with van der Waals surface area (Å²) >= 11 is 12.0. The maximum Gasteiger partial charge on any atom is 0.103 e. The van der Waals surface area contributed by atoms with E-state index in [-0.39, 0.29) is 0 Å². The van der Waals surface area contributed by atoms with E-state index in [9.17, 15) is 0 Å². The van der Waals surface area contributed by atoms with E-state index in [2.05, 4.69) is 4.99 Å². The van der Waals surface area contributed by atoms with Crippen LogP contribution in [-0.4, -0.2) is 5.84 Å². The van der Waals surface area contributed by atoms with Gasteiger partial charge in [0.1, 0.15) is 5.84 Å². The summed E-state index contributed by atoms with van der Waals surface area (Å²) in [6, 6.07) is 5.42. The van der Waals surface area contributed by atoms with Crippen LogP contribution < -0.4 is 5.73 Å². The minimum absolute atomic E-state index is 0.402. The average Bonchev–Trinajstić information content (AvgIpc) is 2.36. The molecule has 1 aromatic rings. The summed E-state index contributed by atoms with van der Waals surface area (Å²) in [6.45, 7) is 0. The predicted octanol–water partition coefficient (Wildman–Crippen LogP) is 4.56. The van der Waals surface area contributed by atoms with Gasteiger partial charge in [-0.1, -0.05) is 48.5 Å². The lowest BCUT2D eigenvalue weighted by atomic mass is 9.88. The zero-order chi connectivity index (χ0) is 12.3. The number of amidine groups is 1. The molecule has 1 fully saturated rings. The van der Waals surface area contributed by atoms with E-state index >= 15 is 0 Å². The predicted molar refractivity (Wildman–Crippen MR) is 74.3 cm³/mol. The Morgan fingerprint density at radius 2 is 1.88 bits per heavy atom. The summed E-state index contributed by atoms with van der Waals surface area (Å²) in [5.41, 5.74) is 6.72. The third kappa shape index (κ3) is 3.14. The van der Waals surface area contributed by atoms with Crippen LogP contribution in [-0.2, 0) is 0 Å². The molecular formula is C13H16Cl2N2. The van der Waals surface area contributed by atoms with Crippen molar-refractivity contribution in [2.24, 2.45) is 16.6 Å². The van der Waals surface area contributed by atoms with Gasteiger partial charge in [0.05, 0.1) is 15.7 Å². The van der Waals surface area contributed by atoms with E-state index < -0.39 is 0 Å². The quantitative estimate of drug-likeness (QED) is 0.621. The van der Waals surface area contributed by atoms with Gasteiger partial charge >= 0.3 is 0 Å². The Morgan fingerprint density at radius 3 is 2.59 bits per heavy atom. The summed E-state index contributed by atoms with van der Waals surface area (Å²) in [7, 11) is 0. The molecule has 0 unspecified atom stereocenters. The van der Waals surface area contributed by atoms with Crippen LogP contribution in [0.15, 0.2) is 23.2 Å². The van der Waals surface area contributed by atoms with Gasteiger partial charge in [-0.15, -0.1) is 0 Å². The van der Waals surface area contributed by atoms with Gasteiger partial charge in [-0.05, 0) is 25.0 Å². The molecule has 0 bridgehead atoms. The molecule has 2 N–H and O–H groups in total. The van der Waals surface area contributed by atoms with Crippen LogP contribution in [0, 0.1) is 5.92 Å². The average molecular weight is 271 g/mol. The van der Waals surface area contributed by atoms with Crippen molar-refractivity contribution in [3.8, 4) is 0 Å². The molecule has 4 heteroatoms. The summed E-state index contributed by atoms with van der Waals surface area (Å²) in [4.78, 5) is 4.42. The van der Waals surface area contributed by atoms with Crippen molar-refractivity contribution >= 4 is 34.7 Å². The van der Waals surface area contributed by atoms with Gasteiger partial charge in [0.2, 0.25) is 0 Å². The molecule has 1 aromatic carbocycles. The summed E-state index contributed by atoms with van der Waals surface area (Å²) in [5.74, 6) is 1.09. The molecule has 2 rings (SSSR count). The number of halogens is 2. The van der Waals surface area contributed by atoms with Crippen molar-refractivity contribution in [3.05, 3.63) is 28.2 Å². The van der Waals surface area contributed by atoms with E-state index in [4.69, 9.17) is 28.9 Å². The molecule has 0 aliphatic heterocycles. The molecule has 0 heterocycles. The Bertz CT molecular complexity index is 423. The number of nitrogens with two attached hydrogens (primary N) is 1. The molecule has 0 amide bonds. The summed E-state index contributed by atoms with van der Waals surface area (Å²) in [5, 5.41) is 0.997. The van der Waals surface area contributed by atoms with Crippen molar-refractivity contribution in [1.82, 2.24) is 0 Å². The zero-order valence-electron chi connectivity index (χ0n) is 9.63. The maximum atomic E-state index is 6.08. The van der Waals surface area contributed by atoms with Crippen LogP contribution in [0.5, 0.6) is 0 Å². The van der Waals surface area contributed by atoms with Crippen LogP contribution in [0.1, 0.15) is 32.1 Å². The zero-order valence-corrected chi connectivity index (χ0v) is 11.1. The second-order valence-electron chi connectivity index (χ2n) is 4.44. The van der Waals surface area contributed by atoms with Crippen LogP contribution in [0.2, 0.25) is 10.0 Å². The van der Waals surface area contributed by atoms with Gasteiger partial charge in [0.25, 0.3) is 0 Å². The van der Waals surface area contributed by atoms with E-state index in [1.165, 1.54) is 19.3 Å². The van der Waals surface area contributed by atoms with E-state index in [1.807, 2.05) is 12.1 Å². The van der Waals surface area contributed by atoms with Gasteiger partial charge in [-0.25, -0.2) is 4.99 Å². The molecule has 2 nitrogen and oxygen atoms in total. The normalized spacial score (nSPS) is 18.4. The highest BCUT2D eigenvalue weighted by Crippen LogP contribution is 2.33. The molecule has 0 saturated heterocycles. The van der Waals surface area contributed by atoms with Crippen LogP contribution in [0.3, 0.4) is 0 Å². The SMILES string of the molecule is NC(=Nc1cccc(Cl)c1Cl)C1CCCCC1. The standard InChI is InChI=1S/C13H16Cl2N2/c14-10-7-4-8-11(12(10)15)17-13(16)9-5-2-1-3-6-9/h4,7-9H,1-3,5-6H2,(H2,16,17). The Kier molecular flexibility index (Phi) is 4.30. The second kappa shape index (κ2) is 5.74. The molecule has 0 spiro atoms. The maximum absolute atomic E-state index is 6.08. The van der Waals surface area contributed by atoms with Gasteiger partial charge < -0.3 is 5.73 Å². The number of rotatable bonds is 2. The molecule has 0 atom stereocenters.